The van der Waals surface area contributed by atoms with Gasteiger partial charge < -0.3 is 15.6 Å². The van der Waals surface area contributed by atoms with Crippen molar-refractivity contribution in [1.29, 1.82) is 0 Å². The molecule has 0 unspecified atom stereocenters. The second-order valence-corrected chi connectivity index (χ2v) is 6.94. The molecule has 0 aliphatic rings. The van der Waals surface area contributed by atoms with E-state index < -0.39 is 0 Å². The van der Waals surface area contributed by atoms with Crippen molar-refractivity contribution in [2.24, 2.45) is 5.92 Å². The number of aromatic amines is 1. The minimum atomic E-state index is -0.0709. The van der Waals surface area contributed by atoms with Crippen molar-refractivity contribution in [3.05, 3.63) is 60.0 Å². The number of hydrogen-bond donors (Lipinski definition) is 3. The summed E-state index contributed by atoms with van der Waals surface area (Å²) in [5.74, 6) is 0.504. The van der Waals surface area contributed by atoms with Crippen LogP contribution in [0, 0.1) is 5.92 Å². The summed E-state index contributed by atoms with van der Waals surface area (Å²) in [4.78, 5) is 19.7. The Labute approximate surface area is 154 Å². The van der Waals surface area contributed by atoms with Gasteiger partial charge in [0.2, 0.25) is 0 Å². The maximum atomic E-state index is 12.2. The molecule has 1 aromatic carbocycles. The molecular formula is C21H26N4O. The Kier molecular flexibility index (Phi) is 5.89. The lowest BCUT2D eigenvalue weighted by Crippen LogP contribution is -2.25. The van der Waals surface area contributed by atoms with E-state index in [-0.39, 0.29) is 5.91 Å². The van der Waals surface area contributed by atoms with Gasteiger partial charge in [-0.1, -0.05) is 32.0 Å². The van der Waals surface area contributed by atoms with Gasteiger partial charge in [-0.05, 0) is 36.5 Å². The average Bonchev–Trinajstić information content (AvgIpc) is 3.05. The smallest absolute Gasteiger partial charge is 0.252 e. The number of H-pyrrole nitrogens is 1. The number of nitrogens with one attached hydrogen (secondary N) is 3. The normalized spacial score (nSPS) is 11.0. The summed E-state index contributed by atoms with van der Waals surface area (Å²) >= 11 is 0. The number of carbonyl (C=O) groups is 1. The van der Waals surface area contributed by atoms with Crippen LogP contribution in [0.4, 0.5) is 5.69 Å². The Bertz CT molecular complexity index is 869. The summed E-state index contributed by atoms with van der Waals surface area (Å²) in [6, 6.07) is 10.2. The molecule has 0 saturated carbocycles. The van der Waals surface area contributed by atoms with Gasteiger partial charge in [0.15, 0.2) is 0 Å². The number of nitrogens with zero attached hydrogens (tertiary/aromatic N) is 1. The van der Waals surface area contributed by atoms with Crippen molar-refractivity contribution in [2.75, 3.05) is 18.4 Å². The number of pyridine rings is 1. The van der Waals surface area contributed by atoms with E-state index in [2.05, 4.69) is 58.8 Å². The van der Waals surface area contributed by atoms with Gasteiger partial charge in [-0.25, -0.2) is 0 Å². The quantitative estimate of drug-likeness (QED) is 0.575. The number of aromatic nitrogens is 2. The van der Waals surface area contributed by atoms with Gasteiger partial charge in [0.25, 0.3) is 5.91 Å². The van der Waals surface area contributed by atoms with Crippen molar-refractivity contribution >= 4 is 22.5 Å². The number of para-hydroxylation sites is 1. The van der Waals surface area contributed by atoms with E-state index in [4.69, 9.17) is 0 Å². The molecule has 0 spiro atoms. The highest BCUT2D eigenvalue weighted by Gasteiger charge is 2.07. The van der Waals surface area contributed by atoms with Crippen LogP contribution in [0.15, 0.2) is 48.9 Å². The minimum Gasteiger partial charge on any atom is -0.383 e. The minimum absolute atomic E-state index is 0.0709. The first kappa shape index (κ1) is 18.0. The molecule has 1 amide bonds. The van der Waals surface area contributed by atoms with Gasteiger partial charge in [0.1, 0.15) is 0 Å². The van der Waals surface area contributed by atoms with Crippen molar-refractivity contribution < 1.29 is 4.79 Å². The van der Waals surface area contributed by atoms with Crippen LogP contribution in [-0.2, 0) is 6.42 Å². The topological polar surface area (TPSA) is 69.8 Å². The van der Waals surface area contributed by atoms with E-state index in [1.54, 1.807) is 12.4 Å². The fourth-order valence-electron chi connectivity index (χ4n) is 2.92. The lowest BCUT2D eigenvalue weighted by atomic mass is 10.1. The van der Waals surface area contributed by atoms with E-state index in [9.17, 15) is 4.79 Å². The van der Waals surface area contributed by atoms with E-state index >= 15 is 0 Å². The van der Waals surface area contributed by atoms with Gasteiger partial charge in [-0.2, -0.15) is 0 Å². The molecule has 2 aromatic heterocycles. The summed E-state index contributed by atoms with van der Waals surface area (Å²) in [6.45, 7) is 5.76. The molecule has 26 heavy (non-hydrogen) atoms. The van der Waals surface area contributed by atoms with Crippen molar-refractivity contribution in [2.45, 2.75) is 26.7 Å². The Morgan fingerprint density at radius 2 is 2.04 bits per heavy atom. The average molecular weight is 350 g/mol. The molecule has 0 fully saturated rings. The third kappa shape index (κ3) is 4.63. The molecule has 2 heterocycles. The van der Waals surface area contributed by atoms with E-state index in [0.717, 1.165) is 30.6 Å². The number of amides is 1. The Morgan fingerprint density at radius 3 is 2.88 bits per heavy atom. The zero-order valence-electron chi connectivity index (χ0n) is 15.4. The van der Waals surface area contributed by atoms with Gasteiger partial charge in [0, 0.05) is 42.6 Å². The highest BCUT2D eigenvalue weighted by atomic mass is 16.1. The fraction of sp³-hybridized carbons (Fsp3) is 0.333. The van der Waals surface area contributed by atoms with Crippen LogP contribution < -0.4 is 10.6 Å². The second-order valence-electron chi connectivity index (χ2n) is 6.94. The summed E-state index contributed by atoms with van der Waals surface area (Å²) < 4.78 is 0. The molecular weight excluding hydrogens is 324 g/mol. The van der Waals surface area contributed by atoms with Crippen LogP contribution in [0.25, 0.3) is 10.9 Å². The summed E-state index contributed by atoms with van der Waals surface area (Å²) in [7, 11) is 0. The number of rotatable bonds is 8. The molecule has 3 aromatic rings. The highest BCUT2D eigenvalue weighted by Crippen LogP contribution is 2.18. The number of benzene rings is 1. The molecule has 0 aliphatic heterocycles. The zero-order chi connectivity index (χ0) is 18.4. The Morgan fingerprint density at radius 1 is 1.19 bits per heavy atom. The fourth-order valence-corrected chi connectivity index (χ4v) is 2.92. The molecule has 5 heteroatoms. The van der Waals surface area contributed by atoms with E-state index in [0.29, 0.717) is 18.0 Å². The number of fused-ring (bicyclic) bond motifs is 1. The van der Waals surface area contributed by atoms with E-state index in [1.807, 2.05) is 12.1 Å². The van der Waals surface area contributed by atoms with Crippen LogP contribution >= 0.6 is 0 Å². The maximum Gasteiger partial charge on any atom is 0.252 e. The third-order valence-corrected chi connectivity index (χ3v) is 4.41. The lowest BCUT2D eigenvalue weighted by Gasteiger charge is -2.09. The van der Waals surface area contributed by atoms with Crippen molar-refractivity contribution in [3.8, 4) is 0 Å². The predicted molar refractivity (Wildman–Crippen MR) is 107 cm³/mol. The van der Waals surface area contributed by atoms with Crippen molar-refractivity contribution in [3.63, 3.8) is 0 Å². The van der Waals surface area contributed by atoms with Gasteiger partial charge in [0.05, 0.1) is 11.3 Å². The molecule has 3 rings (SSSR count). The zero-order valence-corrected chi connectivity index (χ0v) is 15.4. The Hall–Kier alpha value is -2.82. The van der Waals surface area contributed by atoms with Crippen LogP contribution in [0.5, 0.6) is 0 Å². The second kappa shape index (κ2) is 8.52. The van der Waals surface area contributed by atoms with Gasteiger partial charge >= 0.3 is 0 Å². The molecule has 136 valence electrons. The third-order valence-electron chi connectivity index (χ3n) is 4.41. The molecule has 3 N–H and O–H groups in total. The highest BCUT2D eigenvalue weighted by molar-refractivity contribution is 5.94. The number of carbonyl (C=O) groups excluding carboxylic acids is 1. The standard InChI is InChI=1S/C21H26N4O/c1-15(2)7-9-24-21(26)17-11-18(14-22-12-17)23-10-8-16-13-25-20-6-4-3-5-19(16)20/h3-6,11-15,23,25H,7-10H2,1-2H3,(H,24,26). The maximum absolute atomic E-state index is 12.2. The first-order chi connectivity index (χ1) is 12.6. The monoisotopic (exact) mass is 350 g/mol. The lowest BCUT2D eigenvalue weighted by molar-refractivity contribution is 0.0951. The first-order valence-corrected chi connectivity index (χ1v) is 9.15. The van der Waals surface area contributed by atoms with Crippen LogP contribution in [0.2, 0.25) is 0 Å². The van der Waals surface area contributed by atoms with Crippen molar-refractivity contribution in [1.82, 2.24) is 15.3 Å². The van der Waals surface area contributed by atoms with Gasteiger partial charge in [-0.3, -0.25) is 9.78 Å². The van der Waals surface area contributed by atoms with Crippen LogP contribution in [0.3, 0.4) is 0 Å². The predicted octanol–water partition coefficient (Wildman–Crippen LogP) is 3.99. The number of anilines is 1. The van der Waals surface area contributed by atoms with Crippen LogP contribution in [0.1, 0.15) is 36.2 Å². The SMILES string of the molecule is CC(C)CCNC(=O)c1cncc(NCCc2c[nH]c3ccccc23)c1. The molecule has 0 bridgehead atoms. The largest absolute Gasteiger partial charge is 0.383 e. The molecule has 0 atom stereocenters. The molecule has 5 nitrogen and oxygen atoms in total. The summed E-state index contributed by atoms with van der Waals surface area (Å²) in [5.41, 5.74) is 3.89. The summed E-state index contributed by atoms with van der Waals surface area (Å²) in [5, 5.41) is 7.56. The molecule has 0 aliphatic carbocycles. The number of hydrogen-bond acceptors (Lipinski definition) is 3. The Balaban J connectivity index is 1.54. The first-order valence-electron chi connectivity index (χ1n) is 9.15. The molecule has 0 saturated heterocycles. The van der Waals surface area contributed by atoms with Gasteiger partial charge in [-0.15, -0.1) is 0 Å². The molecule has 0 radical (unpaired) electrons. The van der Waals surface area contributed by atoms with E-state index in [1.165, 1.54) is 10.9 Å². The van der Waals surface area contributed by atoms with Crippen LogP contribution in [-0.4, -0.2) is 29.0 Å². The summed E-state index contributed by atoms with van der Waals surface area (Å²) in [6.07, 6.45) is 7.29.